The predicted molar refractivity (Wildman–Crippen MR) is 117 cm³/mol. The second-order valence-electron chi connectivity index (χ2n) is 12.6. The van der Waals surface area contributed by atoms with Crippen LogP contribution in [0.2, 0.25) is 0 Å². The smallest absolute Gasteiger partial charge is 0.0581 e. The highest BCUT2D eigenvalue weighted by molar-refractivity contribution is 5.12. The van der Waals surface area contributed by atoms with Gasteiger partial charge in [-0.3, -0.25) is 0 Å². The molecule has 0 N–H and O–H groups in total. The van der Waals surface area contributed by atoms with Crippen LogP contribution in [0.1, 0.15) is 105 Å². The maximum absolute atomic E-state index is 6.35. The summed E-state index contributed by atoms with van der Waals surface area (Å²) in [6.07, 6.45) is 18.4. The molecule has 1 spiro atoms. The van der Waals surface area contributed by atoms with E-state index >= 15 is 0 Å². The number of ether oxygens (including phenoxy) is 1. The van der Waals surface area contributed by atoms with Crippen molar-refractivity contribution in [2.45, 2.75) is 111 Å². The van der Waals surface area contributed by atoms with E-state index in [1.807, 2.05) is 0 Å². The van der Waals surface area contributed by atoms with Crippen molar-refractivity contribution in [3.63, 3.8) is 0 Å². The molecule has 1 aliphatic heterocycles. The zero-order valence-electron chi connectivity index (χ0n) is 19.2. The second-order valence-corrected chi connectivity index (χ2v) is 12.6. The molecule has 0 aromatic rings. The Labute approximate surface area is 174 Å². The van der Waals surface area contributed by atoms with Crippen molar-refractivity contribution in [2.24, 2.45) is 52.3 Å². The van der Waals surface area contributed by atoms with Gasteiger partial charge in [-0.1, -0.05) is 47.0 Å². The molecule has 0 aromatic heterocycles. The molecule has 1 saturated heterocycles. The summed E-state index contributed by atoms with van der Waals surface area (Å²) in [7, 11) is 0. The fraction of sp³-hybridized carbons (Fsp3) is 1.00. The average molecular weight is 387 g/mol. The zero-order chi connectivity index (χ0) is 19.5. The van der Waals surface area contributed by atoms with Gasteiger partial charge in [0.05, 0.1) is 12.7 Å². The Morgan fingerprint density at radius 2 is 1.71 bits per heavy atom. The summed E-state index contributed by atoms with van der Waals surface area (Å²) in [6.45, 7) is 11.2. The summed E-state index contributed by atoms with van der Waals surface area (Å²) in [6, 6.07) is 0. The van der Waals surface area contributed by atoms with Crippen molar-refractivity contribution in [1.82, 2.24) is 0 Å². The molecule has 160 valence electrons. The van der Waals surface area contributed by atoms with E-state index in [0.717, 1.165) is 48.0 Å². The molecule has 1 heteroatoms. The van der Waals surface area contributed by atoms with E-state index in [-0.39, 0.29) is 0 Å². The highest BCUT2D eigenvalue weighted by Crippen LogP contribution is 2.69. The molecular weight excluding hydrogens is 340 g/mol. The van der Waals surface area contributed by atoms with Gasteiger partial charge in [0.15, 0.2) is 0 Å². The van der Waals surface area contributed by atoms with Crippen LogP contribution in [0.15, 0.2) is 0 Å². The summed E-state index contributed by atoms with van der Waals surface area (Å²) in [5.41, 5.74) is 1.25. The second kappa shape index (κ2) is 7.28. The molecule has 5 rings (SSSR count). The largest absolute Gasteiger partial charge is 0.378 e. The molecule has 5 fully saturated rings. The summed E-state index contributed by atoms with van der Waals surface area (Å²) in [4.78, 5) is 0. The molecule has 0 unspecified atom stereocenters. The first-order chi connectivity index (χ1) is 13.4. The van der Waals surface area contributed by atoms with Gasteiger partial charge in [0.25, 0.3) is 0 Å². The minimum atomic E-state index is 0.605. The summed E-state index contributed by atoms with van der Waals surface area (Å²) >= 11 is 0. The van der Waals surface area contributed by atoms with Crippen LogP contribution in [-0.4, -0.2) is 12.7 Å². The van der Waals surface area contributed by atoms with Crippen LogP contribution < -0.4 is 0 Å². The van der Waals surface area contributed by atoms with Crippen molar-refractivity contribution >= 4 is 0 Å². The molecule has 0 radical (unpaired) electrons. The Bertz CT molecular complexity index is 569. The van der Waals surface area contributed by atoms with Crippen molar-refractivity contribution in [3.8, 4) is 0 Å². The lowest BCUT2D eigenvalue weighted by Crippen LogP contribution is -2.54. The summed E-state index contributed by atoms with van der Waals surface area (Å²) in [5.74, 6) is 6.88. The molecule has 1 nitrogen and oxygen atoms in total. The normalized spacial score (nSPS) is 50.9. The molecule has 4 saturated carbocycles. The van der Waals surface area contributed by atoms with Gasteiger partial charge in [0.2, 0.25) is 0 Å². The lowest BCUT2D eigenvalue weighted by Gasteiger charge is -2.60. The number of hydrogen-bond donors (Lipinski definition) is 0. The van der Waals surface area contributed by atoms with Gasteiger partial charge in [-0.15, -0.1) is 0 Å². The maximum Gasteiger partial charge on any atom is 0.0581 e. The first kappa shape index (κ1) is 19.9. The third-order valence-electron chi connectivity index (χ3n) is 11.1. The van der Waals surface area contributed by atoms with Crippen LogP contribution in [0.3, 0.4) is 0 Å². The van der Waals surface area contributed by atoms with E-state index in [9.17, 15) is 0 Å². The quantitative estimate of drug-likeness (QED) is 0.475. The van der Waals surface area contributed by atoms with E-state index in [0.29, 0.717) is 16.9 Å². The minimum Gasteiger partial charge on any atom is -0.378 e. The number of fused-ring (bicyclic) bond motifs is 4. The lowest BCUT2D eigenvalue weighted by molar-refractivity contribution is -0.111. The van der Waals surface area contributed by atoms with E-state index in [4.69, 9.17) is 4.74 Å². The fourth-order valence-electron chi connectivity index (χ4n) is 9.77. The van der Waals surface area contributed by atoms with E-state index < -0.39 is 0 Å². The van der Waals surface area contributed by atoms with Gasteiger partial charge < -0.3 is 4.74 Å². The van der Waals surface area contributed by atoms with Gasteiger partial charge in [-0.2, -0.15) is 0 Å². The van der Waals surface area contributed by atoms with Gasteiger partial charge in [-0.25, -0.2) is 0 Å². The van der Waals surface area contributed by atoms with Crippen LogP contribution >= 0.6 is 0 Å². The topological polar surface area (TPSA) is 9.23 Å². The van der Waals surface area contributed by atoms with Crippen LogP contribution in [0.25, 0.3) is 0 Å². The Hall–Kier alpha value is -0.0400. The van der Waals surface area contributed by atoms with Crippen molar-refractivity contribution in [1.29, 1.82) is 0 Å². The summed E-state index contributed by atoms with van der Waals surface area (Å²) in [5, 5.41) is 0. The Kier molecular flexibility index (Phi) is 5.17. The SMILES string of the molecule is CC(C)CCC[C@H](C)[C@H]1CC[C@H]2[C@@H]3CC[C@H]4CC[C@@H]5C[C@]4(CO5)[C@H]3CC[C@]12C. The molecule has 0 aromatic carbocycles. The molecule has 5 aliphatic rings. The van der Waals surface area contributed by atoms with Crippen molar-refractivity contribution in [2.75, 3.05) is 6.61 Å². The fourth-order valence-corrected chi connectivity index (χ4v) is 9.77. The van der Waals surface area contributed by atoms with Crippen LogP contribution in [0, 0.1) is 52.3 Å². The van der Waals surface area contributed by atoms with E-state index in [1.165, 1.54) is 64.2 Å². The lowest BCUT2D eigenvalue weighted by atomic mass is 9.44. The minimum absolute atomic E-state index is 0.605. The molecule has 9 atom stereocenters. The molecule has 0 amide bonds. The van der Waals surface area contributed by atoms with Gasteiger partial charge in [0, 0.05) is 5.41 Å². The molecule has 4 aliphatic carbocycles. The molecule has 2 bridgehead atoms. The third kappa shape index (κ3) is 2.96. The standard InChI is InChI=1S/C27H46O/c1-18(2)6-5-7-19(3)23-12-13-24-22-11-9-20-8-10-21-16-27(20,17-28-21)25(22)14-15-26(23,24)4/h18-25H,5-17H2,1-4H3/t19-,20+,21+,22-,23+,24-,25-,26+,27+/m0/s1. The Balaban J connectivity index is 1.31. The number of hydrogen-bond acceptors (Lipinski definition) is 1. The average Bonchev–Trinajstić information content (AvgIpc) is 3.18. The van der Waals surface area contributed by atoms with Crippen molar-refractivity contribution in [3.05, 3.63) is 0 Å². The summed E-state index contributed by atoms with van der Waals surface area (Å²) < 4.78 is 6.35. The highest BCUT2D eigenvalue weighted by Gasteiger charge is 2.63. The van der Waals surface area contributed by atoms with Crippen molar-refractivity contribution < 1.29 is 4.74 Å². The van der Waals surface area contributed by atoms with Crippen LogP contribution in [0.5, 0.6) is 0 Å². The van der Waals surface area contributed by atoms with Gasteiger partial charge in [-0.05, 0) is 105 Å². The first-order valence-corrected chi connectivity index (χ1v) is 13.1. The highest BCUT2D eigenvalue weighted by atomic mass is 16.5. The number of rotatable bonds is 5. The Morgan fingerprint density at radius 3 is 2.54 bits per heavy atom. The van der Waals surface area contributed by atoms with E-state index in [1.54, 1.807) is 12.8 Å². The molecule has 28 heavy (non-hydrogen) atoms. The van der Waals surface area contributed by atoms with Gasteiger partial charge >= 0.3 is 0 Å². The van der Waals surface area contributed by atoms with Crippen LogP contribution in [0.4, 0.5) is 0 Å². The molecular formula is C27H46O. The monoisotopic (exact) mass is 386 g/mol. The molecule has 1 heterocycles. The Morgan fingerprint density at radius 1 is 0.893 bits per heavy atom. The van der Waals surface area contributed by atoms with Crippen LogP contribution in [-0.2, 0) is 4.74 Å². The van der Waals surface area contributed by atoms with Gasteiger partial charge in [0.1, 0.15) is 0 Å². The third-order valence-corrected chi connectivity index (χ3v) is 11.1. The predicted octanol–water partition coefficient (Wildman–Crippen LogP) is 7.49. The maximum atomic E-state index is 6.35. The zero-order valence-corrected chi connectivity index (χ0v) is 19.2. The first-order valence-electron chi connectivity index (χ1n) is 13.1. The van der Waals surface area contributed by atoms with E-state index in [2.05, 4.69) is 27.7 Å².